The van der Waals surface area contributed by atoms with Gasteiger partial charge in [0.25, 0.3) is 0 Å². The Labute approximate surface area is 87.6 Å². The Morgan fingerprint density at radius 3 is 2.67 bits per heavy atom. The average Bonchev–Trinajstić information content (AvgIpc) is 2.54. The molecule has 1 atom stereocenters. The van der Waals surface area contributed by atoms with Gasteiger partial charge < -0.3 is 4.74 Å². The van der Waals surface area contributed by atoms with E-state index in [1.807, 2.05) is 6.92 Å². The molecule has 0 aliphatic carbocycles. The fourth-order valence-corrected chi connectivity index (χ4v) is 1.51. The molecule has 15 heavy (non-hydrogen) atoms. The minimum absolute atomic E-state index is 0.0262. The molecular formula is C9H14N2O4. The van der Waals surface area contributed by atoms with Gasteiger partial charge in [-0.3, -0.25) is 24.6 Å². The lowest BCUT2D eigenvalue weighted by molar-refractivity contribution is -0.143. The van der Waals surface area contributed by atoms with Crippen LogP contribution in [-0.4, -0.2) is 48.9 Å². The van der Waals surface area contributed by atoms with Crippen LogP contribution in [0.2, 0.25) is 0 Å². The van der Waals surface area contributed by atoms with Gasteiger partial charge >= 0.3 is 5.97 Å². The second-order valence-electron chi connectivity index (χ2n) is 3.27. The Kier molecular flexibility index (Phi) is 3.79. The number of nitrogens with one attached hydrogen (secondary N) is 1. The van der Waals surface area contributed by atoms with Crippen LogP contribution >= 0.6 is 0 Å². The second kappa shape index (κ2) is 4.88. The fraction of sp³-hybridized carbons (Fsp3) is 0.667. The van der Waals surface area contributed by atoms with Gasteiger partial charge in [-0.25, -0.2) is 0 Å². The largest absolute Gasteiger partial charge is 0.468 e. The van der Waals surface area contributed by atoms with E-state index in [4.69, 9.17) is 0 Å². The van der Waals surface area contributed by atoms with E-state index < -0.39 is 12.0 Å². The zero-order valence-electron chi connectivity index (χ0n) is 8.78. The third-order valence-electron chi connectivity index (χ3n) is 2.35. The number of likely N-dealkylation sites (N-methyl/N-ethyl adjacent to an activating group) is 1. The van der Waals surface area contributed by atoms with Crippen LogP contribution in [-0.2, 0) is 19.1 Å². The standard InChI is InChI=1S/C9H14N2O4/c1-3-11(5-8(13)15-2)6-4-7(12)10-9(6)14/h6H,3-5H2,1-2H3,(H,10,12,14). The Morgan fingerprint density at radius 2 is 2.27 bits per heavy atom. The highest BCUT2D eigenvalue weighted by Crippen LogP contribution is 2.10. The maximum absolute atomic E-state index is 11.3. The molecule has 0 saturated carbocycles. The fourth-order valence-electron chi connectivity index (χ4n) is 1.51. The van der Waals surface area contributed by atoms with Crippen molar-refractivity contribution >= 4 is 17.8 Å². The number of esters is 1. The molecule has 0 radical (unpaired) electrons. The molecule has 1 unspecified atom stereocenters. The van der Waals surface area contributed by atoms with Crippen LogP contribution in [0.5, 0.6) is 0 Å². The summed E-state index contributed by atoms with van der Waals surface area (Å²) >= 11 is 0. The number of nitrogens with zero attached hydrogens (tertiary/aromatic N) is 1. The van der Waals surface area contributed by atoms with Crippen LogP contribution in [0.3, 0.4) is 0 Å². The van der Waals surface area contributed by atoms with Crippen molar-refractivity contribution in [3.63, 3.8) is 0 Å². The number of carbonyl (C=O) groups is 3. The minimum Gasteiger partial charge on any atom is -0.468 e. The van der Waals surface area contributed by atoms with Crippen molar-refractivity contribution in [2.75, 3.05) is 20.2 Å². The molecular weight excluding hydrogens is 200 g/mol. The third kappa shape index (κ3) is 2.76. The van der Waals surface area contributed by atoms with E-state index in [2.05, 4.69) is 10.1 Å². The van der Waals surface area contributed by atoms with Crippen molar-refractivity contribution in [1.82, 2.24) is 10.2 Å². The van der Waals surface area contributed by atoms with Crippen LogP contribution in [0.4, 0.5) is 0 Å². The summed E-state index contributed by atoms with van der Waals surface area (Å²) < 4.78 is 4.51. The van der Waals surface area contributed by atoms with Gasteiger partial charge in [-0.15, -0.1) is 0 Å². The molecule has 0 aromatic rings. The Morgan fingerprint density at radius 1 is 1.60 bits per heavy atom. The van der Waals surface area contributed by atoms with Crippen molar-refractivity contribution in [3.8, 4) is 0 Å². The van der Waals surface area contributed by atoms with Crippen LogP contribution in [0.25, 0.3) is 0 Å². The van der Waals surface area contributed by atoms with Gasteiger partial charge in [0, 0.05) is 0 Å². The number of methoxy groups -OCH3 is 1. The summed E-state index contributed by atoms with van der Waals surface area (Å²) in [5.74, 6) is -1.05. The first-order valence-electron chi connectivity index (χ1n) is 4.73. The van der Waals surface area contributed by atoms with E-state index in [0.717, 1.165) is 0 Å². The Bertz CT molecular complexity index is 290. The molecule has 1 heterocycles. The van der Waals surface area contributed by atoms with E-state index in [-0.39, 0.29) is 24.8 Å². The summed E-state index contributed by atoms with van der Waals surface area (Å²) in [7, 11) is 1.29. The van der Waals surface area contributed by atoms with E-state index in [1.165, 1.54) is 7.11 Å². The van der Waals surface area contributed by atoms with Crippen molar-refractivity contribution in [1.29, 1.82) is 0 Å². The van der Waals surface area contributed by atoms with E-state index in [0.29, 0.717) is 6.54 Å². The molecule has 1 rings (SSSR count). The monoisotopic (exact) mass is 214 g/mol. The van der Waals surface area contributed by atoms with Gasteiger partial charge in [0.15, 0.2) is 0 Å². The Balaban J connectivity index is 2.62. The first-order valence-corrected chi connectivity index (χ1v) is 4.73. The summed E-state index contributed by atoms with van der Waals surface area (Å²) in [5, 5.41) is 2.20. The maximum atomic E-state index is 11.3. The van der Waals surface area contributed by atoms with Crippen molar-refractivity contribution in [2.45, 2.75) is 19.4 Å². The first-order chi connectivity index (χ1) is 7.08. The van der Waals surface area contributed by atoms with Gasteiger partial charge in [0.1, 0.15) is 0 Å². The molecule has 6 heteroatoms. The highest BCUT2D eigenvalue weighted by Gasteiger charge is 2.35. The molecule has 2 amide bonds. The number of ether oxygens (including phenoxy) is 1. The zero-order valence-corrected chi connectivity index (χ0v) is 8.78. The third-order valence-corrected chi connectivity index (χ3v) is 2.35. The van der Waals surface area contributed by atoms with Crippen LogP contribution < -0.4 is 5.32 Å². The van der Waals surface area contributed by atoms with Gasteiger partial charge in [0.2, 0.25) is 11.8 Å². The zero-order chi connectivity index (χ0) is 11.4. The molecule has 0 aromatic carbocycles. The lowest BCUT2D eigenvalue weighted by Crippen LogP contribution is -2.43. The summed E-state index contributed by atoms with van der Waals surface area (Å²) in [6.07, 6.45) is 0.115. The van der Waals surface area contributed by atoms with Gasteiger partial charge in [0.05, 0.1) is 26.1 Å². The molecule has 0 spiro atoms. The molecule has 1 aliphatic rings. The summed E-state index contributed by atoms with van der Waals surface area (Å²) in [5.41, 5.74) is 0. The number of hydrogen-bond donors (Lipinski definition) is 1. The lowest BCUT2D eigenvalue weighted by Gasteiger charge is -2.23. The van der Waals surface area contributed by atoms with E-state index in [9.17, 15) is 14.4 Å². The molecule has 84 valence electrons. The molecule has 1 fully saturated rings. The topological polar surface area (TPSA) is 75.7 Å². The Hall–Kier alpha value is -1.43. The normalized spacial score (nSPS) is 20.6. The molecule has 6 nitrogen and oxygen atoms in total. The van der Waals surface area contributed by atoms with Gasteiger partial charge in [-0.1, -0.05) is 6.92 Å². The first kappa shape index (κ1) is 11.6. The van der Waals surface area contributed by atoms with E-state index >= 15 is 0 Å². The minimum atomic E-state index is -0.540. The highest BCUT2D eigenvalue weighted by atomic mass is 16.5. The van der Waals surface area contributed by atoms with E-state index in [1.54, 1.807) is 4.90 Å². The number of rotatable bonds is 4. The van der Waals surface area contributed by atoms with Crippen molar-refractivity contribution < 1.29 is 19.1 Å². The number of amides is 2. The second-order valence-corrected chi connectivity index (χ2v) is 3.27. The number of hydrogen-bond acceptors (Lipinski definition) is 5. The molecule has 0 bridgehead atoms. The number of imide groups is 1. The molecule has 1 aliphatic heterocycles. The SMILES string of the molecule is CCN(CC(=O)OC)C1CC(=O)NC1=O. The van der Waals surface area contributed by atoms with Crippen LogP contribution in [0.1, 0.15) is 13.3 Å². The van der Waals surface area contributed by atoms with Crippen molar-refractivity contribution in [2.24, 2.45) is 0 Å². The quantitative estimate of drug-likeness (QED) is 0.474. The lowest BCUT2D eigenvalue weighted by atomic mass is 10.2. The molecule has 1 saturated heterocycles. The smallest absolute Gasteiger partial charge is 0.319 e. The summed E-state index contributed by atoms with van der Waals surface area (Å²) in [6, 6.07) is -0.540. The highest BCUT2D eigenvalue weighted by molar-refractivity contribution is 6.05. The van der Waals surface area contributed by atoms with Gasteiger partial charge in [-0.2, -0.15) is 0 Å². The maximum Gasteiger partial charge on any atom is 0.319 e. The van der Waals surface area contributed by atoms with Gasteiger partial charge in [-0.05, 0) is 6.54 Å². The van der Waals surface area contributed by atoms with Crippen LogP contribution in [0, 0.1) is 0 Å². The average molecular weight is 214 g/mol. The predicted octanol–water partition coefficient (Wildman–Crippen LogP) is -1.10. The predicted molar refractivity (Wildman–Crippen MR) is 50.8 cm³/mol. The van der Waals surface area contributed by atoms with Crippen molar-refractivity contribution in [3.05, 3.63) is 0 Å². The molecule has 0 aromatic heterocycles. The number of carbonyl (C=O) groups excluding carboxylic acids is 3. The summed E-state index contributed by atoms with van der Waals surface area (Å²) in [6.45, 7) is 2.36. The molecule has 1 N–H and O–H groups in total. The summed E-state index contributed by atoms with van der Waals surface area (Å²) in [4.78, 5) is 35.0. The van der Waals surface area contributed by atoms with Crippen LogP contribution in [0.15, 0.2) is 0 Å².